The molecule has 6 nitrogen and oxygen atoms in total. The third-order valence-electron chi connectivity index (χ3n) is 5.61. The molecule has 0 saturated carbocycles. The van der Waals surface area contributed by atoms with Gasteiger partial charge in [0.2, 0.25) is 0 Å². The number of hydrogen-bond donors (Lipinski definition) is 0. The summed E-state index contributed by atoms with van der Waals surface area (Å²) in [5.74, 6) is 0. The molecule has 28 heavy (non-hydrogen) atoms. The first-order chi connectivity index (χ1) is 13.0. The molecule has 0 N–H and O–H groups in total. The number of rotatable bonds is 11. The molecule has 0 bridgehead atoms. The van der Waals surface area contributed by atoms with E-state index in [1.165, 1.54) is 0 Å². The van der Waals surface area contributed by atoms with Crippen molar-refractivity contribution in [3.8, 4) is 0 Å². The van der Waals surface area contributed by atoms with Gasteiger partial charge in [0.05, 0.1) is 0 Å². The first kappa shape index (κ1) is 27.0. The Morgan fingerprint density at radius 3 is 1.29 bits per heavy atom. The highest BCUT2D eigenvalue weighted by molar-refractivity contribution is 6.79. The molecule has 2 amide bonds. The Labute approximate surface area is 174 Å². The molecule has 0 atom stereocenters. The highest BCUT2D eigenvalue weighted by Gasteiger charge is 2.48. The summed E-state index contributed by atoms with van der Waals surface area (Å²) in [7, 11) is -4.57. The van der Waals surface area contributed by atoms with Crippen LogP contribution < -0.4 is 0 Å². The van der Waals surface area contributed by atoms with Crippen molar-refractivity contribution in [3.63, 3.8) is 0 Å². The first-order valence-electron chi connectivity index (χ1n) is 10.9. The maximum atomic E-state index is 12.4. The summed E-state index contributed by atoms with van der Waals surface area (Å²) >= 11 is 0. The van der Waals surface area contributed by atoms with Crippen LogP contribution >= 0.6 is 0 Å². The van der Waals surface area contributed by atoms with Crippen LogP contribution in [0.4, 0.5) is 9.59 Å². The molecular weight excluding hydrogens is 388 g/mol. The summed E-state index contributed by atoms with van der Waals surface area (Å²) in [4.78, 5) is 24.7. The zero-order valence-corrected chi connectivity index (χ0v) is 21.5. The van der Waals surface area contributed by atoms with Crippen molar-refractivity contribution in [2.45, 2.75) is 116 Å². The number of hydrogen-bond acceptors (Lipinski definition) is 4. The zero-order valence-electron chi connectivity index (χ0n) is 19.5. The molecule has 0 unspecified atom stereocenters. The van der Waals surface area contributed by atoms with Gasteiger partial charge in [-0.2, -0.15) is 0 Å². The van der Waals surface area contributed by atoms with E-state index in [0.717, 1.165) is 37.4 Å². The largest absolute Gasteiger partial charge is 0.501 e. The number of nitrogens with zero attached hydrogens (tertiary/aromatic N) is 2. The normalized spacial score (nSPS) is 13.0. The van der Waals surface area contributed by atoms with Crippen LogP contribution in [-0.4, -0.2) is 28.8 Å². The van der Waals surface area contributed by atoms with E-state index in [9.17, 15) is 9.59 Å². The van der Waals surface area contributed by atoms with Gasteiger partial charge < -0.3 is 8.85 Å². The Morgan fingerprint density at radius 2 is 1.00 bits per heavy atom. The predicted octanol–water partition coefficient (Wildman–Crippen LogP) is 8.06. The average Bonchev–Trinajstić information content (AvgIpc) is 2.57. The van der Waals surface area contributed by atoms with Crippen LogP contribution in [-0.2, 0) is 8.85 Å². The van der Waals surface area contributed by atoms with E-state index in [2.05, 4.69) is 72.5 Å². The van der Waals surface area contributed by atoms with Crippen molar-refractivity contribution < 1.29 is 18.4 Å². The molecule has 0 radical (unpaired) electrons. The van der Waals surface area contributed by atoms with E-state index in [4.69, 9.17) is 8.85 Å². The predicted molar refractivity (Wildman–Crippen MR) is 120 cm³/mol. The summed E-state index contributed by atoms with van der Waals surface area (Å²) in [6, 6.07) is 2.76. The maximum absolute atomic E-state index is 12.4. The molecule has 0 aliphatic rings. The molecular formula is C20H42N2O4Si2. The standard InChI is InChI=1S/C20H42N2O4Si2/c1-10-13-27(14-11-2,15-12-3)25-19(23)21-22-20(24)26-28(16(4)5,17(6)7)18(8)9/h16-18H,10-15H2,1-9H3/b22-21+. The highest BCUT2D eigenvalue weighted by atomic mass is 28.4. The number of carbonyl (C=O) groups is 2. The molecule has 0 saturated heterocycles. The third-order valence-corrected chi connectivity index (χ3v) is 16.4. The van der Waals surface area contributed by atoms with Gasteiger partial charge in [-0.15, -0.1) is 0 Å². The van der Waals surface area contributed by atoms with Crippen LogP contribution in [0.15, 0.2) is 10.2 Å². The Morgan fingerprint density at radius 1 is 0.679 bits per heavy atom. The molecule has 0 aromatic rings. The minimum atomic E-state index is -2.39. The monoisotopic (exact) mass is 430 g/mol. The van der Waals surface area contributed by atoms with Gasteiger partial charge in [0.1, 0.15) is 0 Å². The number of carbonyl (C=O) groups excluding carboxylic acids is 2. The van der Waals surface area contributed by atoms with Crippen LogP contribution in [0.1, 0.15) is 81.6 Å². The lowest BCUT2D eigenvalue weighted by atomic mass is 10.5. The summed E-state index contributed by atoms with van der Waals surface area (Å²) < 4.78 is 11.7. The van der Waals surface area contributed by atoms with Gasteiger partial charge in [-0.05, 0) is 34.8 Å². The fourth-order valence-corrected chi connectivity index (χ4v) is 14.0. The Balaban J connectivity index is 5.28. The molecule has 0 rings (SSSR count). The van der Waals surface area contributed by atoms with E-state index in [1.54, 1.807) is 0 Å². The minimum absolute atomic E-state index is 0.248. The van der Waals surface area contributed by atoms with Crippen molar-refractivity contribution in [1.29, 1.82) is 0 Å². The molecule has 164 valence electrons. The van der Waals surface area contributed by atoms with Gasteiger partial charge in [0, 0.05) is 0 Å². The smallest absolute Gasteiger partial charge is 0.439 e. The second-order valence-corrected chi connectivity index (χ2v) is 18.1. The van der Waals surface area contributed by atoms with E-state index in [1.807, 2.05) is 0 Å². The van der Waals surface area contributed by atoms with Crippen molar-refractivity contribution >= 4 is 28.8 Å². The highest BCUT2D eigenvalue weighted by Crippen LogP contribution is 2.42. The second-order valence-electron chi connectivity index (χ2n) is 8.69. The summed E-state index contributed by atoms with van der Waals surface area (Å²) in [6.45, 7) is 18.8. The van der Waals surface area contributed by atoms with Gasteiger partial charge in [-0.25, -0.2) is 9.59 Å². The SMILES string of the molecule is CCC[Si](CCC)(CCC)OC(=O)/N=N/C(=O)O[Si](C(C)C)(C(C)C)C(C)C. The van der Waals surface area contributed by atoms with Gasteiger partial charge in [-0.3, -0.25) is 0 Å². The lowest BCUT2D eigenvalue weighted by Crippen LogP contribution is -2.48. The van der Waals surface area contributed by atoms with E-state index in [-0.39, 0.29) is 16.6 Å². The van der Waals surface area contributed by atoms with Crippen molar-refractivity contribution in [2.75, 3.05) is 0 Å². The molecule has 8 heteroatoms. The zero-order chi connectivity index (χ0) is 22.0. The van der Waals surface area contributed by atoms with Gasteiger partial charge >= 0.3 is 12.2 Å². The van der Waals surface area contributed by atoms with Crippen LogP contribution in [0.3, 0.4) is 0 Å². The maximum Gasteiger partial charge on any atom is 0.439 e. The van der Waals surface area contributed by atoms with Crippen LogP contribution in [0.25, 0.3) is 0 Å². The third kappa shape index (κ3) is 7.42. The molecule has 0 heterocycles. The Kier molecular flexibility index (Phi) is 12.1. The minimum Gasteiger partial charge on any atom is -0.501 e. The van der Waals surface area contributed by atoms with Crippen LogP contribution in [0.5, 0.6) is 0 Å². The lowest BCUT2D eigenvalue weighted by Gasteiger charge is -2.40. The average molecular weight is 431 g/mol. The fourth-order valence-electron chi connectivity index (χ4n) is 4.71. The summed E-state index contributed by atoms with van der Waals surface area (Å²) in [5, 5.41) is 7.13. The van der Waals surface area contributed by atoms with Crippen LogP contribution in [0, 0.1) is 0 Å². The van der Waals surface area contributed by atoms with Gasteiger partial charge in [0.15, 0.2) is 0 Å². The molecule has 0 aromatic carbocycles. The molecule has 0 aromatic heterocycles. The molecule has 0 spiro atoms. The topological polar surface area (TPSA) is 77.3 Å². The first-order valence-corrected chi connectivity index (χ1v) is 15.6. The van der Waals surface area contributed by atoms with Crippen molar-refractivity contribution in [3.05, 3.63) is 0 Å². The lowest BCUT2D eigenvalue weighted by molar-refractivity contribution is 0.194. The van der Waals surface area contributed by atoms with Crippen LogP contribution in [0.2, 0.25) is 34.8 Å². The van der Waals surface area contributed by atoms with Crippen molar-refractivity contribution in [1.82, 2.24) is 0 Å². The quantitative estimate of drug-likeness (QED) is 0.245. The number of azo groups is 1. The van der Waals surface area contributed by atoms with Crippen molar-refractivity contribution in [2.24, 2.45) is 10.2 Å². The Hall–Kier alpha value is -1.03. The fraction of sp³-hybridized carbons (Fsp3) is 0.900. The molecule has 0 fully saturated rings. The van der Waals surface area contributed by atoms with E-state index < -0.39 is 28.8 Å². The van der Waals surface area contributed by atoms with E-state index in [0.29, 0.717) is 0 Å². The Bertz CT molecular complexity index is 484. The summed E-state index contributed by atoms with van der Waals surface area (Å²) in [5.41, 5.74) is 0.743. The van der Waals surface area contributed by atoms with Gasteiger partial charge in [0.25, 0.3) is 16.6 Å². The number of amides is 2. The summed E-state index contributed by atoms with van der Waals surface area (Å²) in [6.07, 6.45) is 1.41. The van der Waals surface area contributed by atoms with E-state index >= 15 is 0 Å². The molecule has 0 aliphatic heterocycles. The second kappa shape index (κ2) is 12.5. The molecule has 0 aliphatic carbocycles. The van der Waals surface area contributed by atoms with Gasteiger partial charge in [-0.1, -0.05) is 91.8 Å².